The first-order valence-corrected chi connectivity index (χ1v) is 7.79. The molecule has 2 atom stereocenters. The maximum atomic E-state index is 12.2. The second kappa shape index (κ2) is 7.51. The summed E-state index contributed by atoms with van der Waals surface area (Å²) in [7, 11) is 0. The Morgan fingerprint density at radius 3 is 2.82 bits per heavy atom. The number of aliphatic hydroxyl groups is 1. The Kier molecular flexibility index (Phi) is 5.69. The maximum absolute atomic E-state index is 12.2. The number of nitrogens with zero attached hydrogens (tertiary/aromatic N) is 1. The third-order valence-corrected chi connectivity index (χ3v) is 4.04. The minimum Gasteiger partial charge on any atom is -0.393 e. The third-order valence-electron chi connectivity index (χ3n) is 4.04. The zero-order chi connectivity index (χ0) is 16.1. The molecule has 2 rings (SSSR count). The van der Waals surface area contributed by atoms with Crippen LogP contribution < -0.4 is 5.32 Å². The molecule has 1 aromatic carbocycles. The van der Waals surface area contributed by atoms with Crippen LogP contribution in [0.25, 0.3) is 0 Å². The molecule has 0 saturated carbocycles. The van der Waals surface area contributed by atoms with E-state index in [0.29, 0.717) is 24.2 Å². The van der Waals surface area contributed by atoms with Gasteiger partial charge in [0.05, 0.1) is 18.3 Å². The predicted octanol–water partition coefficient (Wildman–Crippen LogP) is 2.06. The molecule has 22 heavy (non-hydrogen) atoms. The molecule has 2 N–H and O–H groups in total. The Morgan fingerprint density at radius 2 is 2.14 bits per heavy atom. The van der Waals surface area contributed by atoms with Crippen molar-refractivity contribution in [2.45, 2.75) is 45.3 Å². The molecule has 2 unspecified atom stereocenters. The summed E-state index contributed by atoms with van der Waals surface area (Å²) in [5.74, 6) is -0.185. The molecule has 0 spiro atoms. The summed E-state index contributed by atoms with van der Waals surface area (Å²) in [5, 5.41) is 12.4. The fourth-order valence-corrected chi connectivity index (χ4v) is 3.04. The summed E-state index contributed by atoms with van der Waals surface area (Å²) in [6, 6.07) is 7.30. The number of anilines is 1. The van der Waals surface area contributed by atoms with Gasteiger partial charge in [-0.05, 0) is 51.8 Å². The topological polar surface area (TPSA) is 69.6 Å². The normalized spacial score (nSPS) is 19.9. The number of benzene rings is 1. The molecule has 0 bridgehead atoms. The number of amides is 1. The molecule has 0 radical (unpaired) electrons. The van der Waals surface area contributed by atoms with Crippen molar-refractivity contribution in [3.63, 3.8) is 0 Å². The van der Waals surface area contributed by atoms with E-state index in [-0.39, 0.29) is 23.8 Å². The lowest BCUT2D eigenvalue weighted by Crippen LogP contribution is -2.38. The Morgan fingerprint density at radius 1 is 1.41 bits per heavy atom. The summed E-state index contributed by atoms with van der Waals surface area (Å²) in [5.41, 5.74) is 1.09. The van der Waals surface area contributed by atoms with Gasteiger partial charge < -0.3 is 10.4 Å². The molecule has 5 nitrogen and oxygen atoms in total. The molecular weight excluding hydrogens is 280 g/mol. The summed E-state index contributed by atoms with van der Waals surface area (Å²) in [6.45, 7) is 4.44. The summed E-state index contributed by atoms with van der Waals surface area (Å²) < 4.78 is 0. The van der Waals surface area contributed by atoms with Gasteiger partial charge in [-0.1, -0.05) is 12.1 Å². The zero-order valence-electron chi connectivity index (χ0n) is 13.2. The summed E-state index contributed by atoms with van der Waals surface area (Å²) in [6.07, 6.45) is 2.40. The largest absolute Gasteiger partial charge is 0.393 e. The van der Waals surface area contributed by atoms with Crippen LogP contribution in [-0.4, -0.2) is 46.9 Å². The Labute approximate surface area is 131 Å². The number of likely N-dealkylation sites (tertiary alicyclic amines) is 1. The molecule has 1 heterocycles. The zero-order valence-corrected chi connectivity index (χ0v) is 13.2. The fraction of sp³-hybridized carbons (Fsp3) is 0.529. The van der Waals surface area contributed by atoms with Crippen molar-refractivity contribution >= 4 is 17.4 Å². The number of para-hydroxylation sites is 1. The molecule has 1 aromatic rings. The third kappa shape index (κ3) is 4.39. The number of rotatable bonds is 6. The van der Waals surface area contributed by atoms with Gasteiger partial charge in [0.25, 0.3) is 0 Å². The second-order valence-corrected chi connectivity index (χ2v) is 6.00. The van der Waals surface area contributed by atoms with Crippen LogP contribution in [0.5, 0.6) is 0 Å². The highest BCUT2D eigenvalue weighted by Gasteiger charge is 2.27. The highest BCUT2D eigenvalue weighted by Crippen LogP contribution is 2.21. The van der Waals surface area contributed by atoms with Crippen molar-refractivity contribution in [1.82, 2.24) is 4.90 Å². The van der Waals surface area contributed by atoms with Crippen molar-refractivity contribution in [1.29, 1.82) is 0 Å². The van der Waals surface area contributed by atoms with Gasteiger partial charge in [-0.15, -0.1) is 0 Å². The minimum atomic E-state index is -0.355. The molecular formula is C17H24N2O3. The lowest BCUT2D eigenvalue weighted by atomic mass is 10.1. The molecule has 1 aliphatic rings. The number of aliphatic hydroxyl groups excluding tert-OH is 1. The average Bonchev–Trinajstić information content (AvgIpc) is 2.85. The highest BCUT2D eigenvalue weighted by molar-refractivity contribution is 6.04. The second-order valence-electron chi connectivity index (χ2n) is 6.00. The van der Waals surface area contributed by atoms with Crippen molar-refractivity contribution in [2.24, 2.45) is 0 Å². The monoisotopic (exact) mass is 304 g/mol. The van der Waals surface area contributed by atoms with Crippen LogP contribution in [0.4, 0.5) is 5.69 Å². The van der Waals surface area contributed by atoms with E-state index in [1.807, 2.05) is 0 Å². The first-order valence-electron chi connectivity index (χ1n) is 7.79. The molecule has 1 aliphatic heterocycles. The first kappa shape index (κ1) is 16.6. The Balaban J connectivity index is 1.97. The lowest BCUT2D eigenvalue weighted by molar-refractivity contribution is -0.117. The lowest BCUT2D eigenvalue weighted by Gasteiger charge is -2.25. The Hall–Kier alpha value is -1.72. The standard InChI is InChI=1S/C17H24N2O3/c1-12(20)10-14-6-5-9-19(14)11-17(22)18-16-8-4-3-7-15(16)13(2)21/h3-4,7-8,12,14,20H,5-6,9-11H2,1-2H3,(H,18,22). The van der Waals surface area contributed by atoms with Crippen LogP contribution in [0.15, 0.2) is 24.3 Å². The number of ketones is 1. The van der Waals surface area contributed by atoms with E-state index in [1.165, 1.54) is 6.92 Å². The van der Waals surface area contributed by atoms with Crippen LogP contribution in [-0.2, 0) is 4.79 Å². The van der Waals surface area contributed by atoms with E-state index in [9.17, 15) is 14.7 Å². The maximum Gasteiger partial charge on any atom is 0.238 e. The SMILES string of the molecule is CC(=O)c1ccccc1NC(=O)CN1CCCC1CC(C)O. The van der Waals surface area contributed by atoms with Crippen LogP contribution in [0, 0.1) is 0 Å². The van der Waals surface area contributed by atoms with Gasteiger partial charge in [0.15, 0.2) is 5.78 Å². The number of nitrogens with one attached hydrogen (secondary N) is 1. The van der Waals surface area contributed by atoms with Crippen LogP contribution in [0.3, 0.4) is 0 Å². The average molecular weight is 304 g/mol. The molecule has 1 amide bonds. The van der Waals surface area contributed by atoms with Gasteiger partial charge in [0.2, 0.25) is 5.91 Å². The quantitative estimate of drug-likeness (QED) is 0.789. The number of Topliss-reactive ketones (excluding diaryl/α,β-unsaturated/α-hetero) is 1. The molecule has 1 saturated heterocycles. The van der Waals surface area contributed by atoms with E-state index in [1.54, 1.807) is 31.2 Å². The van der Waals surface area contributed by atoms with E-state index >= 15 is 0 Å². The van der Waals surface area contributed by atoms with Gasteiger partial charge in [-0.25, -0.2) is 0 Å². The van der Waals surface area contributed by atoms with Crippen LogP contribution >= 0.6 is 0 Å². The van der Waals surface area contributed by atoms with Crippen LogP contribution in [0.1, 0.15) is 43.5 Å². The first-order chi connectivity index (χ1) is 10.5. The van der Waals surface area contributed by atoms with Crippen molar-refractivity contribution in [3.8, 4) is 0 Å². The summed E-state index contributed by atoms with van der Waals surface area (Å²) >= 11 is 0. The number of carbonyl (C=O) groups excluding carboxylic acids is 2. The van der Waals surface area contributed by atoms with E-state index in [2.05, 4.69) is 10.2 Å². The number of hydrogen-bond donors (Lipinski definition) is 2. The highest BCUT2D eigenvalue weighted by atomic mass is 16.3. The molecule has 0 aromatic heterocycles. The molecule has 5 heteroatoms. The van der Waals surface area contributed by atoms with Gasteiger partial charge in [-0.2, -0.15) is 0 Å². The smallest absolute Gasteiger partial charge is 0.238 e. The van der Waals surface area contributed by atoms with Gasteiger partial charge in [0, 0.05) is 11.6 Å². The van der Waals surface area contributed by atoms with Gasteiger partial charge in [0.1, 0.15) is 0 Å². The van der Waals surface area contributed by atoms with Crippen molar-refractivity contribution in [3.05, 3.63) is 29.8 Å². The minimum absolute atomic E-state index is 0.0657. The number of hydrogen-bond acceptors (Lipinski definition) is 4. The van der Waals surface area contributed by atoms with E-state index in [4.69, 9.17) is 0 Å². The van der Waals surface area contributed by atoms with Crippen LogP contribution in [0.2, 0.25) is 0 Å². The van der Waals surface area contributed by atoms with Gasteiger partial charge in [-0.3, -0.25) is 14.5 Å². The van der Waals surface area contributed by atoms with Crippen molar-refractivity contribution in [2.75, 3.05) is 18.4 Å². The van der Waals surface area contributed by atoms with Gasteiger partial charge >= 0.3 is 0 Å². The fourth-order valence-electron chi connectivity index (χ4n) is 3.04. The van der Waals surface area contributed by atoms with E-state index < -0.39 is 0 Å². The summed E-state index contributed by atoms with van der Waals surface area (Å²) in [4.78, 5) is 25.9. The Bertz CT molecular complexity index is 542. The molecule has 0 aliphatic carbocycles. The number of carbonyl (C=O) groups is 2. The predicted molar refractivity (Wildman–Crippen MR) is 86.0 cm³/mol. The molecule has 120 valence electrons. The van der Waals surface area contributed by atoms with Crippen molar-refractivity contribution < 1.29 is 14.7 Å². The molecule has 1 fully saturated rings. The van der Waals surface area contributed by atoms with E-state index in [0.717, 1.165) is 19.4 Å².